The number of anilines is 4. The number of ether oxygens (including phenoxy) is 7. The molecule has 0 aromatic heterocycles. The van der Waals surface area contributed by atoms with Gasteiger partial charge in [0.15, 0.2) is 0 Å². The van der Waals surface area contributed by atoms with Gasteiger partial charge in [-0.3, -0.25) is 33.9 Å². The number of carbonyl (C=O) groups is 8. The van der Waals surface area contributed by atoms with E-state index in [1.807, 2.05) is 225 Å². The molecule has 7 N–H and O–H groups in total. The predicted octanol–water partition coefficient (Wildman–Crippen LogP) is 20.7. The largest absolute Gasteiger partial charge is 0.507 e. The van der Waals surface area contributed by atoms with Crippen molar-refractivity contribution in [1.82, 2.24) is 29.4 Å². The molecule has 3 aliphatic heterocycles. The molecule has 15 rings (SSSR count). The maximum Gasteiger partial charge on any atom is 0.340 e. The fraction of sp³-hybridized carbons (Fsp3) is 0.316. The Hall–Kier alpha value is -14.6. The lowest BCUT2D eigenvalue weighted by Crippen LogP contribution is -2.45. The van der Waals surface area contributed by atoms with Crippen molar-refractivity contribution in [1.29, 1.82) is 0 Å². The van der Waals surface area contributed by atoms with E-state index in [1.165, 1.54) is 30.3 Å². The van der Waals surface area contributed by atoms with E-state index < -0.39 is 52.5 Å². The fourth-order valence-corrected chi connectivity index (χ4v) is 16.2. The van der Waals surface area contributed by atoms with Crippen LogP contribution < -0.4 is 40.2 Å². The summed E-state index contributed by atoms with van der Waals surface area (Å²) in [7, 11) is 6.36. The molecule has 766 valence electrons. The van der Waals surface area contributed by atoms with Crippen LogP contribution in [-0.4, -0.2) is 260 Å². The van der Waals surface area contributed by atoms with Crippen LogP contribution in [0.1, 0.15) is 156 Å². The number of likely N-dealkylation sites (N-methyl/N-ethyl adjacent to an activating group) is 3. The number of hydrogen-bond acceptors (Lipinski definition) is 23. The van der Waals surface area contributed by atoms with E-state index in [0.717, 1.165) is 154 Å². The number of carbonyl (C=O) groups excluding carboxylic acids is 7. The Balaban J connectivity index is 0.000000174. The van der Waals surface area contributed by atoms with Crippen molar-refractivity contribution in [3.63, 3.8) is 0 Å². The predicted molar refractivity (Wildman–Crippen MR) is 578 cm³/mol. The number of rotatable bonds is 31. The summed E-state index contributed by atoms with van der Waals surface area (Å²) in [6.45, 7) is 36.6. The van der Waals surface area contributed by atoms with Crippen molar-refractivity contribution in [3.8, 4) is 79.0 Å². The number of alkyl halides is 1. The first-order valence-corrected chi connectivity index (χ1v) is 50.0. The molecule has 3 heterocycles. The Labute approximate surface area is 864 Å². The number of phenolic OH excluding ortho intramolecular Hbond substituents is 2. The Morgan fingerprint density at radius 2 is 0.527 bits per heavy atom. The minimum atomic E-state index is -1.16. The van der Waals surface area contributed by atoms with E-state index in [0.29, 0.717) is 88.4 Å². The summed E-state index contributed by atoms with van der Waals surface area (Å²) in [6, 6.07) is 79.4. The third kappa shape index (κ3) is 33.5. The highest BCUT2D eigenvalue weighted by Gasteiger charge is 2.30. The average Bonchev–Trinajstić information content (AvgIpc) is 0.819. The molecule has 4 amide bonds. The number of phenols is 2. The van der Waals surface area contributed by atoms with Gasteiger partial charge >= 0.3 is 23.9 Å². The van der Waals surface area contributed by atoms with Gasteiger partial charge in [0.05, 0.1) is 62.7 Å². The molecule has 0 saturated carbocycles. The van der Waals surface area contributed by atoms with Crippen molar-refractivity contribution >= 4 is 86.2 Å². The second-order valence-electron chi connectivity index (χ2n) is 39.0. The lowest BCUT2D eigenvalue weighted by molar-refractivity contribution is 0.00580. The van der Waals surface area contributed by atoms with Gasteiger partial charge < -0.3 is 84.4 Å². The number of aryl methyl sites for hydroxylation is 2. The van der Waals surface area contributed by atoms with Crippen LogP contribution in [0.5, 0.6) is 34.5 Å². The van der Waals surface area contributed by atoms with E-state index in [4.69, 9.17) is 33.2 Å². The van der Waals surface area contributed by atoms with Gasteiger partial charge in [0.1, 0.15) is 71.1 Å². The van der Waals surface area contributed by atoms with Gasteiger partial charge in [-0.2, -0.15) is 0 Å². The minimum absolute atomic E-state index is 0.00329. The Morgan fingerprint density at radius 1 is 0.288 bits per heavy atom. The number of hydrogen-bond donors (Lipinski definition) is 7. The van der Waals surface area contributed by atoms with Crippen molar-refractivity contribution in [2.24, 2.45) is 0 Å². The summed E-state index contributed by atoms with van der Waals surface area (Å²) < 4.78 is 40.2. The van der Waals surface area contributed by atoms with Gasteiger partial charge in [0, 0.05) is 115 Å². The molecule has 0 unspecified atom stereocenters. The summed E-state index contributed by atoms with van der Waals surface area (Å²) in [5.41, 5.74) is 9.73. The van der Waals surface area contributed by atoms with Gasteiger partial charge in [-0.15, -0.1) is 0 Å². The number of aromatic carboxylic acids is 1. The molecule has 3 aliphatic rings. The van der Waals surface area contributed by atoms with Crippen molar-refractivity contribution < 1.29 is 86.8 Å². The molecule has 28 nitrogen and oxygen atoms in total. The molecule has 3 fully saturated rings. The number of piperazine rings is 3. The number of nitrogens with one attached hydrogen (secondary N) is 4. The zero-order valence-corrected chi connectivity index (χ0v) is 87.2. The minimum Gasteiger partial charge on any atom is -0.507 e. The maximum atomic E-state index is 13.5. The fourth-order valence-electron chi connectivity index (χ4n) is 16.0. The first-order chi connectivity index (χ1) is 69.7. The van der Waals surface area contributed by atoms with Gasteiger partial charge in [0.2, 0.25) is 0 Å². The number of halogens is 1. The standard InChI is InChI=1S/C32H39N3O4.C31H37N3O5.C27H28BrNO4.C27H29N3O5/c1-23-11-13-26(38-20-19-35-17-15-34(5)16-18-35)22-28(23)30(36)33-29-21-25(24-9-7-6-8-10-24)12-14-27(29)31(37)39-32(2,3)4;1-31(2,3)39-30(37)25-12-10-23(22-8-6-5-7-9-22)20-27(25)32-29(36)26-21-24(11-13-28(26)35)38-19-18-34-16-14-33(4)15-17-34;1-18-10-12-21(32-15-14-28)17-23(18)25(30)29-24-16-20(19-8-6-5-7-9-19)11-13-22(24)26(31)33-27(2,3)4;1-29-11-13-30(14-12-29)15-16-35-21-8-10-25(31)23(18-21)26(32)28-24-17-20(7-9-22(24)27(33)34)19-5-3-2-4-6-19/h6-14,21-22H,15-20H2,1-5H3,(H,33,36);5-13,20-21,35H,14-19H2,1-4H3,(H,32,36);5-13,16-17H,14-15H2,1-4H3,(H,29,30);2-10,17-18,31H,11-16H2,1H3,(H,28,32)(H,33,34). The monoisotopic (exact) mass is 2040 g/mol. The van der Waals surface area contributed by atoms with Crippen LogP contribution in [0.15, 0.2) is 267 Å². The Kier molecular flexibility index (Phi) is 39.5. The first kappa shape index (κ1) is 110. The lowest BCUT2D eigenvalue weighted by Gasteiger charge is -2.32. The second kappa shape index (κ2) is 52.3. The maximum absolute atomic E-state index is 13.5. The molecule has 3 saturated heterocycles. The molecule has 29 heteroatoms. The number of amides is 4. The molecule has 0 aliphatic carbocycles. The van der Waals surface area contributed by atoms with Crippen LogP contribution in [0.2, 0.25) is 0 Å². The SMILES string of the molecule is CN1CCN(CCOc2ccc(O)c(C(=O)Nc3cc(-c4ccccc4)ccc3C(=O)O)c2)CC1.CN1CCN(CCOc2ccc(O)c(C(=O)Nc3cc(-c4ccccc4)ccc3C(=O)OC(C)(C)C)c2)CC1.Cc1ccc(OCCBr)cc1C(=O)Nc1cc(-c2ccccc2)ccc1C(=O)OC(C)(C)C.Cc1ccc(OCCN2CCN(C)CC2)cc1C(=O)Nc1cc(-c2ccccc2)ccc1C(=O)OC(C)(C)C. The van der Waals surface area contributed by atoms with Crippen molar-refractivity contribution in [2.75, 3.05) is 172 Å². The molecule has 12 aromatic carbocycles. The highest BCUT2D eigenvalue weighted by atomic mass is 79.9. The van der Waals surface area contributed by atoms with E-state index in [-0.39, 0.29) is 56.9 Å². The van der Waals surface area contributed by atoms with Crippen molar-refractivity contribution in [3.05, 3.63) is 323 Å². The van der Waals surface area contributed by atoms with Gasteiger partial charge in [-0.05, 0) is 262 Å². The van der Waals surface area contributed by atoms with Crippen molar-refractivity contribution in [2.45, 2.75) is 93.0 Å². The number of aromatic hydroxyl groups is 2. The zero-order valence-electron chi connectivity index (χ0n) is 85.6. The van der Waals surface area contributed by atoms with E-state index in [1.54, 1.807) is 87.5 Å². The zero-order chi connectivity index (χ0) is 105. The average molecular weight is 2050 g/mol. The van der Waals surface area contributed by atoms with Crippen LogP contribution in [0.4, 0.5) is 22.7 Å². The van der Waals surface area contributed by atoms with Gasteiger partial charge in [-0.1, -0.05) is 174 Å². The molecular formula is C117H133BrN10O18. The van der Waals surface area contributed by atoms with Crippen LogP contribution in [0, 0.1) is 13.8 Å². The molecule has 12 aromatic rings. The third-order valence-corrected chi connectivity index (χ3v) is 24.4. The highest BCUT2D eigenvalue weighted by molar-refractivity contribution is 9.09. The van der Waals surface area contributed by atoms with Gasteiger partial charge in [0.25, 0.3) is 23.6 Å². The highest BCUT2D eigenvalue weighted by Crippen LogP contribution is 2.37. The van der Waals surface area contributed by atoms with Crippen LogP contribution in [0.3, 0.4) is 0 Å². The Morgan fingerprint density at radius 3 is 0.788 bits per heavy atom. The lowest BCUT2D eigenvalue weighted by atomic mass is 10.0. The van der Waals surface area contributed by atoms with E-state index in [9.17, 15) is 53.7 Å². The summed E-state index contributed by atoms with van der Waals surface area (Å²) in [5.74, 6) is -2.74. The molecule has 0 atom stereocenters. The van der Waals surface area contributed by atoms with E-state index in [2.05, 4.69) is 87.7 Å². The summed E-state index contributed by atoms with van der Waals surface area (Å²) in [5, 5.41) is 42.4. The topological polar surface area (TPSA) is 329 Å². The molecule has 146 heavy (non-hydrogen) atoms. The number of nitrogens with zero attached hydrogens (tertiary/aromatic N) is 6. The number of carboxylic acid groups (broad SMARTS) is 1. The summed E-state index contributed by atoms with van der Waals surface area (Å²) in [6.07, 6.45) is 0. The van der Waals surface area contributed by atoms with Crippen LogP contribution in [0.25, 0.3) is 44.5 Å². The second-order valence-corrected chi connectivity index (χ2v) is 39.8. The summed E-state index contributed by atoms with van der Waals surface area (Å²) >= 11 is 3.33. The van der Waals surface area contributed by atoms with Gasteiger partial charge in [-0.25, -0.2) is 19.2 Å². The normalized spacial score (nSPS) is 13.7. The van der Waals surface area contributed by atoms with Crippen LogP contribution >= 0.6 is 15.9 Å². The Bertz CT molecular complexity index is 6270. The first-order valence-electron chi connectivity index (χ1n) is 48.9. The number of esters is 3. The van der Waals surface area contributed by atoms with E-state index >= 15 is 0 Å². The van der Waals surface area contributed by atoms with Crippen LogP contribution in [-0.2, 0) is 14.2 Å². The molecule has 0 radical (unpaired) electrons. The quantitative estimate of drug-likeness (QED) is 0.0121. The molecule has 0 spiro atoms. The third-order valence-electron chi connectivity index (χ3n) is 24.1. The number of carboxylic acids is 1. The molecular weight excluding hydrogens is 1910 g/mol. The summed E-state index contributed by atoms with van der Waals surface area (Å²) in [4.78, 5) is 118. The molecule has 0 bridgehead atoms. The number of benzene rings is 12. The smallest absolute Gasteiger partial charge is 0.340 e.